The fourth-order valence-corrected chi connectivity index (χ4v) is 1.43. The second-order valence-electron chi connectivity index (χ2n) is 2.49. The molecule has 3 N–H and O–H groups in total. The van der Waals surface area contributed by atoms with Crippen LogP contribution in [0.3, 0.4) is 0 Å². The summed E-state index contributed by atoms with van der Waals surface area (Å²) in [4.78, 5) is 13.9. The quantitative estimate of drug-likeness (QED) is 0.197. The van der Waals surface area contributed by atoms with Crippen LogP contribution in [0.2, 0.25) is 0 Å². The minimum atomic E-state index is -0.563. The number of nitrogens with two attached hydrogens (primary N) is 1. The SMILES string of the molecule is CSc1ncc(C(N)=NO)cc1[N+](=O)[O-]. The molecular weight excluding hydrogens is 220 g/mol. The predicted octanol–water partition coefficient (Wildman–Crippen LogP) is 0.806. The predicted molar refractivity (Wildman–Crippen MR) is 55.2 cm³/mol. The molecule has 1 aromatic rings. The lowest BCUT2D eigenvalue weighted by atomic mass is 10.2. The number of amidine groups is 1. The van der Waals surface area contributed by atoms with Crippen LogP contribution < -0.4 is 5.73 Å². The Morgan fingerprint density at radius 2 is 2.47 bits per heavy atom. The standard InChI is InChI=1S/C7H8N4O3S/c1-15-7-5(11(13)14)2-4(3-9-7)6(8)10-12/h2-3,12H,1H3,(H2,8,10). The first-order valence-electron chi connectivity index (χ1n) is 3.76. The molecule has 0 aliphatic rings. The summed E-state index contributed by atoms with van der Waals surface area (Å²) >= 11 is 1.16. The van der Waals surface area contributed by atoms with E-state index in [1.165, 1.54) is 12.3 Å². The normalized spacial score (nSPS) is 11.4. The minimum Gasteiger partial charge on any atom is -0.409 e. The van der Waals surface area contributed by atoms with Crippen LogP contribution in [0.1, 0.15) is 5.56 Å². The summed E-state index contributed by atoms with van der Waals surface area (Å²) in [5, 5.41) is 22.1. The molecule has 0 amide bonds. The summed E-state index contributed by atoms with van der Waals surface area (Å²) in [6.45, 7) is 0. The van der Waals surface area contributed by atoms with Gasteiger partial charge in [0.25, 0.3) is 0 Å². The number of oxime groups is 1. The molecule has 0 unspecified atom stereocenters. The van der Waals surface area contributed by atoms with E-state index in [1.54, 1.807) is 6.26 Å². The number of pyridine rings is 1. The molecule has 0 aliphatic heterocycles. The zero-order chi connectivity index (χ0) is 11.4. The van der Waals surface area contributed by atoms with Crippen molar-refractivity contribution in [2.45, 2.75) is 5.03 Å². The van der Waals surface area contributed by atoms with Crippen molar-refractivity contribution in [2.24, 2.45) is 10.9 Å². The van der Waals surface area contributed by atoms with E-state index in [0.29, 0.717) is 0 Å². The number of thioether (sulfide) groups is 1. The van der Waals surface area contributed by atoms with Gasteiger partial charge in [0.05, 0.1) is 4.92 Å². The van der Waals surface area contributed by atoms with Gasteiger partial charge in [0.15, 0.2) is 10.9 Å². The van der Waals surface area contributed by atoms with Gasteiger partial charge in [-0.05, 0) is 6.26 Å². The zero-order valence-corrected chi connectivity index (χ0v) is 8.56. The number of nitrogens with zero attached hydrogens (tertiary/aromatic N) is 3. The molecule has 0 spiro atoms. The molecule has 0 saturated carbocycles. The molecule has 0 aromatic carbocycles. The molecule has 80 valence electrons. The molecule has 0 aliphatic carbocycles. The van der Waals surface area contributed by atoms with Gasteiger partial charge in [0.1, 0.15) is 0 Å². The first kappa shape index (κ1) is 11.2. The van der Waals surface area contributed by atoms with E-state index >= 15 is 0 Å². The van der Waals surface area contributed by atoms with E-state index in [2.05, 4.69) is 10.1 Å². The Hall–Kier alpha value is -1.83. The smallest absolute Gasteiger partial charge is 0.302 e. The summed E-state index contributed by atoms with van der Waals surface area (Å²) < 4.78 is 0. The van der Waals surface area contributed by atoms with Gasteiger partial charge < -0.3 is 10.9 Å². The number of aromatic nitrogens is 1. The maximum Gasteiger partial charge on any atom is 0.302 e. The lowest BCUT2D eigenvalue weighted by Crippen LogP contribution is -2.14. The van der Waals surface area contributed by atoms with Crippen LogP contribution >= 0.6 is 11.8 Å². The van der Waals surface area contributed by atoms with Crippen LogP contribution in [0, 0.1) is 10.1 Å². The van der Waals surface area contributed by atoms with Crippen LogP contribution in [-0.2, 0) is 0 Å². The molecular formula is C7H8N4O3S. The zero-order valence-electron chi connectivity index (χ0n) is 7.75. The highest BCUT2D eigenvalue weighted by Gasteiger charge is 2.16. The Kier molecular flexibility index (Phi) is 3.45. The van der Waals surface area contributed by atoms with Gasteiger partial charge in [-0.2, -0.15) is 0 Å². The highest BCUT2D eigenvalue weighted by Crippen LogP contribution is 2.25. The Morgan fingerprint density at radius 1 is 1.80 bits per heavy atom. The van der Waals surface area contributed by atoms with Gasteiger partial charge in [-0.3, -0.25) is 10.1 Å². The maximum absolute atomic E-state index is 10.7. The van der Waals surface area contributed by atoms with E-state index in [4.69, 9.17) is 10.9 Å². The monoisotopic (exact) mass is 228 g/mol. The molecule has 7 nitrogen and oxygen atoms in total. The largest absolute Gasteiger partial charge is 0.409 e. The van der Waals surface area contributed by atoms with Crippen LogP contribution in [0.5, 0.6) is 0 Å². The first-order chi connectivity index (χ1) is 7.10. The summed E-state index contributed by atoms with van der Waals surface area (Å²) in [6.07, 6.45) is 2.99. The highest BCUT2D eigenvalue weighted by molar-refractivity contribution is 7.98. The Bertz CT molecular complexity index is 421. The molecule has 8 heteroatoms. The van der Waals surface area contributed by atoms with Gasteiger partial charge >= 0.3 is 5.69 Å². The fraction of sp³-hybridized carbons (Fsp3) is 0.143. The van der Waals surface area contributed by atoms with Crippen molar-refractivity contribution >= 4 is 23.3 Å². The highest BCUT2D eigenvalue weighted by atomic mass is 32.2. The maximum atomic E-state index is 10.7. The lowest BCUT2D eigenvalue weighted by Gasteiger charge is -2.01. The fourth-order valence-electron chi connectivity index (χ4n) is 0.926. The summed E-state index contributed by atoms with van der Waals surface area (Å²) in [6, 6.07) is 1.22. The molecule has 0 bridgehead atoms. The van der Waals surface area contributed by atoms with Gasteiger partial charge in [0.2, 0.25) is 0 Å². The molecule has 0 radical (unpaired) electrons. The molecule has 15 heavy (non-hydrogen) atoms. The van der Waals surface area contributed by atoms with E-state index in [0.717, 1.165) is 11.8 Å². The van der Waals surface area contributed by atoms with E-state index in [1.807, 2.05) is 0 Å². The van der Waals surface area contributed by atoms with E-state index < -0.39 is 4.92 Å². The van der Waals surface area contributed by atoms with Gasteiger partial charge in [-0.15, -0.1) is 11.8 Å². The minimum absolute atomic E-state index is 0.161. The second kappa shape index (κ2) is 4.60. The second-order valence-corrected chi connectivity index (χ2v) is 3.29. The average molecular weight is 228 g/mol. The molecule has 0 atom stereocenters. The summed E-state index contributed by atoms with van der Waals surface area (Å²) in [7, 11) is 0. The number of hydrogen-bond acceptors (Lipinski definition) is 6. The number of nitro groups is 1. The average Bonchev–Trinajstić information content (AvgIpc) is 2.27. The van der Waals surface area contributed by atoms with E-state index in [-0.39, 0.29) is 22.1 Å². The van der Waals surface area contributed by atoms with Crippen LogP contribution in [0.25, 0.3) is 0 Å². The van der Waals surface area contributed by atoms with Crippen molar-refractivity contribution in [2.75, 3.05) is 6.26 Å². The van der Waals surface area contributed by atoms with Crippen LogP contribution in [0.15, 0.2) is 22.4 Å². The van der Waals surface area contributed by atoms with E-state index in [9.17, 15) is 10.1 Å². The molecule has 0 saturated heterocycles. The lowest BCUT2D eigenvalue weighted by molar-refractivity contribution is -0.388. The third-order valence-corrected chi connectivity index (χ3v) is 2.33. The van der Waals surface area contributed by atoms with Crippen LogP contribution in [0.4, 0.5) is 5.69 Å². The van der Waals surface area contributed by atoms with Crippen molar-refractivity contribution in [3.8, 4) is 0 Å². The van der Waals surface area contributed by atoms with Gasteiger partial charge in [0, 0.05) is 17.8 Å². The Labute approximate surface area is 89.1 Å². The van der Waals surface area contributed by atoms with Crippen molar-refractivity contribution < 1.29 is 10.1 Å². The Morgan fingerprint density at radius 3 is 2.93 bits per heavy atom. The van der Waals surface area contributed by atoms with Crippen LogP contribution in [-0.4, -0.2) is 27.2 Å². The first-order valence-corrected chi connectivity index (χ1v) is 4.99. The molecule has 1 aromatic heterocycles. The molecule has 0 fully saturated rings. The van der Waals surface area contributed by atoms with Gasteiger partial charge in [-0.25, -0.2) is 4.98 Å². The third kappa shape index (κ3) is 2.34. The molecule has 1 rings (SSSR count). The summed E-state index contributed by atoms with van der Waals surface area (Å²) in [5.41, 5.74) is 5.34. The van der Waals surface area contributed by atoms with Crippen molar-refractivity contribution in [1.29, 1.82) is 0 Å². The third-order valence-electron chi connectivity index (χ3n) is 1.63. The number of hydrogen-bond donors (Lipinski definition) is 2. The molecule has 1 heterocycles. The number of rotatable bonds is 3. The van der Waals surface area contributed by atoms with Crippen molar-refractivity contribution in [3.05, 3.63) is 27.9 Å². The summed E-state index contributed by atoms with van der Waals surface area (Å²) in [5.74, 6) is -0.210. The van der Waals surface area contributed by atoms with Crippen molar-refractivity contribution in [1.82, 2.24) is 4.98 Å². The van der Waals surface area contributed by atoms with Crippen molar-refractivity contribution in [3.63, 3.8) is 0 Å². The Balaban J connectivity index is 3.28. The topological polar surface area (TPSA) is 115 Å². The van der Waals surface area contributed by atoms with Gasteiger partial charge in [-0.1, -0.05) is 5.16 Å².